The maximum absolute atomic E-state index is 12.9. The SMILES string of the molecule is C/C=C\N=NCCn1c(=O)[nH]c2[n+]#cc(-c3cccc(C(F)(F)F)c3)cc21. The number of aromatic nitrogens is 3. The highest BCUT2D eigenvalue weighted by atomic mass is 19.4. The number of azo groups is 1. The molecule has 0 amide bonds. The number of alkyl halides is 3. The molecular formula is C18H15F3N5O+. The number of hydrogen-bond donors (Lipinski definition) is 1. The van der Waals surface area contributed by atoms with Crippen LogP contribution in [-0.4, -0.2) is 16.1 Å². The highest BCUT2D eigenvalue weighted by Gasteiger charge is 2.30. The first-order valence-electron chi connectivity index (χ1n) is 8.07. The summed E-state index contributed by atoms with van der Waals surface area (Å²) in [5.74, 6) is 0. The van der Waals surface area contributed by atoms with E-state index >= 15 is 0 Å². The lowest BCUT2D eigenvalue weighted by atomic mass is 10.0. The fourth-order valence-electron chi connectivity index (χ4n) is 2.54. The number of fused-ring (bicyclic) bond motifs is 1. The van der Waals surface area contributed by atoms with Crippen molar-refractivity contribution < 1.29 is 18.2 Å². The van der Waals surface area contributed by atoms with Crippen molar-refractivity contribution >= 4 is 11.2 Å². The molecule has 0 aliphatic rings. The molecule has 3 aromatic rings. The van der Waals surface area contributed by atoms with E-state index in [1.54, 1.807) is 19.1 Å². The highest BCUT2D eigenvalue weighted by Crippen LogP contribution is 2.31. The molecule has 0 spiro atoms. The summed E-state index contributed by atoms with van der Waals surface area (Å²) in [5.41, 5.74) is 0.301. The Kier molecular flexibility index (Phi) is 5.07. The fraction of sp³-hybridized carbons (Fsp3) is 0.222. The van der Waals surface area contributed by atoms with Crippen molar-refractivity contribution in [1.29, 1.82) is 0 Å². The Balaban J connectivity index is 1.97. The standard InChI is InChI=1S/C18H14F3N5O/c1-2-6-23-24-7-8-26-15-10-13(11-22-16(15)25-17(26)27)12-4-3-5-14(9-12)18(19,20)21/h2-6,9-10H,7-8H2,1H3/p+1/b6-2-,24-23?. The third kappa shape index (κ3) is 4.06. The normalized spacial score (nSPS) is 12.3. The van der Waals surface area contributed by atoms with E-state index in [-0.39, 0.29) is 18.8 Å². The summed E-state index contributed by atoms with van der Waals surface area (Å²) in [5, 5.41) is 7.70. The van der Waals surface area contributed by atoms with E-state index in [2.05, 4.69) is 26.4 Å². The number of allylic oxidation sites excluding steroid dienone is 1. The zero-order valence-electron chi connectivity index (χ0n) is 14.3. The van der Waals surface area contributed by atoms with Gasteiger partial charge in [-0.25, -0.2) is 4.79 Å². The Bertz CT molecular complexity index is 1060. The predicted molar refractivity (Wildman–Crippen MR) is 92.0 cm³/mol. The highest BCUT2D eigenvalue weighted by molar-refractivity contribution is 5.74. The van der Waals surface area contributed by atoms with Gasteiger partial charge in [-0.2, -0.15) is 33.4 Å². The van der Waals surface area contributed by atoms with E-state index in [0.717, 1.165) is 12.1 Å². The van der Waals surface area contributed by atoms with Crippen LogP contribution >= 0.6 is 0 Å². The molecule has 0 aliphatic carbocycles. The van der Waals surface area contributed by atoms with Crippen molar-refractivity contribution in [2.45, 2.75) is 19.6 Å². The monoisotopic (exact) mass is 374 g/mol. The summed E-state index contributed by atoms with van der Waals surface area (Å²) in [7, 11) is 0. The Morgan fingerprint density at radius 3 is 2.89 bits per heavy atom. The van der Waals surface area contributed by atoms with Gasteiger partial charge in [0.05, 0.1) is 24.2 Å². The lowest BCUT2D eigenvalue weighted by Gasteiger charge is -2.07. The molecule has 0 saturated heterocycles. The molecule has 138 valence electrons. The van der Waals surface area contributed by atoms with Gasteiger partial charge in [0.2, 0.25) is 0 Å². The third-order valence-corrected chi connectivity index (χ3v) is 3.80. The molecule has 0 aliphatic heterocycles. The maximum atomic E-state index is 12.9. The smallest absolute Gasteiger partial charge is 0.263 e. The summed E-state index contributed by atoms with van der Waals surface area (Å²) in [6.45, 7) is 2.34. The summed E-state index contributed by atoms with van der Waals surface area (Å²) < 4.78 is 40.2. The van der Waals surface area contributed by atoms with Gasteiger partial charge in [-0.15, -0.1) is 0 Å². The first kappa shape index (κ1) is 18.4. The number of halogens is 3. The first-order chi connectivity index (χ1) is 12.9. The topological polar surface area (TPSA) is 76.6 Å². The number of hydrogen-bond acceptors (Lipinski definition) is 3. The third-order valence-electron chi connectivity index (χ3n) is 3.80. The van der Waals surface area contributed by atoms with Crippen molar-refractivity contribution in [3.63, 3.8) is 0 Å². The second kappa shape index (κ2) is 7.45. The van der Waals surface area contributed by atoms with Crippen LogP contribution in [0.15, 0.2) is 57.6 Å². The van der Waals surface area contributed by atoms with Gasteiger partial charge >= 0.3 is 17.5 Å². The van der Waals surface area contributed by atoms with Gasteiger partial charge in [0.1, 0.15) is 0 Å². The maximum Gasteiger partial charge on any atom is 0.416 e. The molecule has 0 saturated carbocycles. The van der Waals surface area contributed by atoms with Crippen LogP contribution in [0.4, 0.5) is 13.2 Å². The van der Waals surface area contributed by atoms with Gasteiger partial charge in [-0.05, 0) is 30.7 Å². The second-order valence-electron chi connectivity index (χ2n) is 5.64. The minimum absolute atomic E-state index is 0.258. The summed E-state index contributed by atoms with van der Waals surface area (Å²) in [6, 6.07) is 6.47. The molecular weight excluding hydrogens is 359 g/mol. The number of imidazole rings is 1. The molecule has 0 atom stereocenters. The van der Waals surface area contributed by atoms with Crippen molar-refractivity contribution in [2.24, 2.45) is 10.2 Å². The van der Waals surface area contributed by atoms with E-state index in [1.807, 2.05) is 0 Å². The minimum atomic E-state index is -4.44. The Morgan fingerprint density at radius 2 is 2.15 bits per heavy atom. The molecule has 0 unspecified atom stereocenters. The molecule has 27 heavy (non-hydrogen) atoms. The molecule has 1 aromatic carbocycles. The van der Waals surface area contributed by atoms with E-state index in [4.69, 9.17) is 0 Å². The number of benzene rings is 1. The van der Waals surface area contributed by atoms with E-state index in [9.17, 15) is 18.0 Å². The summed E-state index contributed by atoms with van der Waals surface area (Å²) in [6.07, 6.45) is 1.49. The zero-order chi connectivity index (χ0) is 19.4. The van der Waals surface area contributed by atoms with Crippen LogP contribution in [0.3, 0.4) is 0 Å². The van der Waals surface area contributed by atoms with Crippen molar-refractivity contribution in [1.82, 2.24) is 9.55 Å². The zero-order valence-corrected chi connectivity index (χ0v) is 14.3. The van der Waals surface area contributed by atoms with Crippen LogP contribution in [0.2, 0.25) is 0 Å². The summed E-state index contributed by atoms with van der Waals surface area (Å²) >= 11 is 0. The van der Waals surface area contributed by atoms with Gasteiger partial charge in [-0.1, -0.05) is 18.2 Å². The molecule has 3 rings (SSSR count). The lowest BCUT2D eigenvalue weighted by Crippen LogP contribution is -2.18. The van der Waals surface area contributed by atoms with Crippen LogP contribution in [0.25, 0.3) is 22.3 Å². The molecule has 0 radical (unpaired) electrons. The molecule has 0 bridgehead atoms. The van der Waals surface area contributed by atoms with Gasteiger partial charge in [0, 0.05) is 6.20 Å². The average Bonchev–Trinajstić information content (AvgIpc) is 2.95. The summed E-state index contributed by atoms with van der Waals surface area (Å²) in [4.78, 5) is 18.7. The number of aromatic amines is 1. The Labute approximate surface area is 152 Å². The van der Waals surface area contributed by atoms with Gasteiger partial charge in [0.25, 0.3) is 0 Å². The fourth-order valence-corrected chi connectivity index (χ4v) is 2.54. The van der Waals surface area contributed by atoms with Crippen LogP contribution in [0, 0.1) is 6.20 Å². The van der Waals surface area contributed by atoms with Crippen LogP contribution in [0.1, 0.15) is 12.5 Å². The second-order valence-corrected chi connectivity index (χ2v) is 5.64. The predicted octanol–water partition coefficient (Wildman–Crippen LogP) is 3.40. The number of rotatable bonds is 5. The molecule has 1 N–H and O–H groups in total. The van der Waals surface area contributed by atoms with E-state index < -0.39 is 11.7 Å². The van der Waals surface area contributed by atoms with Crippen LogP contribution in [-0.2, 0) is 12.7 Å². The molecule has 0 fully saturated rings. The number of nitrogens with one attached hydrogen (secondary N) is 1. The quantitative estimate of drug-likeness (QED) is 0.695. The first-order valence-corrected chi connectivity index (χ1v) is 8.07. The van der Waals surface area contributed by atoms with Gasteiger partial charge in [0.15, 0.2) is 11.7 Å². The molecule has 6 nitrogen and oxygen atoms in total. The Morgan fingerprint density at radius 1 is 1.33 bits per heavy atom. The van der Waals surface area contributed by atoms with Crippen LogP contribution < -0.4 is 10.7 Å². The van der Waals surface area contributed by atoms with Crippen LogP contribution in [0.5, 0.6) is 0 Å². The number of H-pyrrole nitrogens is 1. The molecule has 9 heteroatoms. The largest absolute Gasteiger partial charge is 0.416 e. The van der Waals surface area contributed by atoms with Crippen molar-refractivity contribution in [3.05, 3.63) is 64.9 Å². The molecule has 2 aromatic heterocycles. The number of nitrogens with zero attached hydrogens (tertiary/aromatic N) is 4. The van der Waals surface area contributed by atoms with Crippen molar-refractivity contribution in [3.8, 4) is 11.1 Å². The van der Waals surface area contributed by atoms with E-state index in [0.29, 0.717) is 22.3 Å². The van der Waals surface area contributed by atoms with Gasteiger partial charge < -0.3 is 0 Å². The van der Waals surface area contributed by atoms with E-state index in [1.165, 1.54) is 22.9 Å². The Hall–Kier alpha value is -3.41. The average molecular weight is 374 g/mol. The minimum Gasteiger partial charge on any atom is -0.263 e. The lowest BCUT2D eigenvalue weighted by molar-refractivity contribution is -0.261. The van der Waals surface area contributed by atoms with Gasteiger partial charge in [-0.3, -0.25) is 4.57 Å². The van der Waals surface area contributed by atoms with Crippen molar-refractivity contribution in [2.75, 3.05) is 6.54 Å². The molecule has 2 heterocycles.